The Labute approximate surface area is 124 Å². The highest BCUT2D eigenvalue weighted by Gasteiger charge is 2.16. The summed E-state index contributed by atoms with van der Waals surface area (Å²) < 4.78 is 13.8. The smallest absolute Gasteiger partial charge is 0.254 e. The molecule has 0 aliphatic heterocycles. The first-order valence-electron chi connectivity index (χ1n) is 7.06. The highest BCUT2D eigenvalue weighted by Crippen LogP contribution is 2.15. The lowest BCUT2D eigenvalue weighted by Crippen LogP contribution is -2.40. The molecule has 0 aliphatic carbocycles. The Morgan fingerprint density at radius 1 is 1.38 bits per heavy atom. The van der Waals surface area contributed by atoms with Gasteiger partial charge in [0.15, 0.2) is 0 Å². The van der Waals surface area contributed by atoms with Crippen molar-refractivity contribution in [2.45, 2.75) is 39.2 Å². The highest BCUT2D eigenvalue weighted by molar-refractivity contribution is 5.97. The van der Waals surface area contributed by atoms with Gasteiger partial charge in [-0.15, -0.1) is 0 Å². The number of carbonyl (C=O) groups is 2. The van der Waals surface area contributed by atoms with Crippen molar-refractivity contribution in [1.82, 2.24) is 5.32 Å². The van der Waals surface area contributed by atoms with E-state index < -0.39 is 11.7 Å². The Kier molecular flexibility index (Phi) is 6.81. The van der Waals surface area contributed by atoms with Gasteiger partial charge in [0.1, 0.15) is 5.82 Å². The summed E-state index contributed by atoms with van der Waals surface area (Å²) in [6, 6.07) is 3.70. The van der Waals surface area contributed by atoms with Gasteiger partial charge >= 0.3 is 0 Å². The quantitative estimate of drug-likeness (QED) is 0.719. The average molecular weight is 295 g/mol. The molecule has 0 saturated heterocycles. The molecule has 0 aromatic heterocycles. The number of nitrogens with two attached hydrogens (primary N) is 1. The van der Waals surface area contributed by atoms with E-state index in [0.717, 1.165) is 25.3 Å². The molecule has 0 spiro atoms. The van der Waals surface area contributed by atoms with Crippen LogP contribution in [0.15, 0.2) is 18.2 Å². The molecule has 0 saturated carbocycles. The molecule has 2 amide bonds. The fourth-order valence-corrected chi connectivity index (χ4v) is 1.94. The van der Waals surface area contributed by atoms with Crippen molar-refractivity contribution in [1.29, 1.82) is 0 Å². The highest BCUT2D eigenvalue weighted by atomic mass is 19.1. The predicted molar refractivity (Wildman–Crippen MR) is 80.5 cm³/mol. The van der Waals surface area contributed by atoms with Gasteiger partial charge in [-0.25, -0.2) is 4.39 Å². The fraction of sp³-hybridized carbons (Fsp3) is 0.467. The van der Waals surface area contributed by atoms with Gasteiger partial charge in [0.2, 0.25) is 5.91 Å². The van der Waals surface area contributed by atoms with Crippen molar-refractivity contribution in [3.8, 4) is 0 Å². The number of rotatable bonds is 7. The molecule has 5 nitrogen and oxygen atoms in total. The monoisotopic (exact) mass is 295 g/mol. The first-order chi connectivity index (χ1) is 9.97. The van der Waals surface area contributed by atoms with E-state index in [2.05, 4.69) is 10.6 Å². The second kappa shape index (κ2) is 8.36. The van der Waals surface area contributed by atoms with E-state index in [-0.39, 0.29) is 17.5 Å². The maximum atomic E-state index is 13.8. The van der Waals surface area contributed by atoms with Crippen molar-refractivity contribution in [3.63, 3.8) is 0 Å². The summed E-state index contributed by atoms with van der Waals surface area (Å²) in [6.07, 6.45) is 2.70. The van der Waals surface area contributed by atoms with E-state index in [9.17, 15) is 14.0 Å². The zero-order chi connectivity index (χ0) is 15.8. The van der Waals surface area contributed by atoms with Crippen molar-refractivity contribution in [2.24, 2.45) is 5.73 Å². The molecule has 116 valence electrons. The fourth-order valence-electron chi connectivity index (χ4n) is 1.94. The van der Waals surface area contributed by atoms with Crippen LogP contribution in [-0.4, -0.2) is 24.4 Å². The SMILES string of the molecule is CCCCC(CN)NC(=O)c1cc(NC(C)=O)ccc1F. The zero-order valence-electron chi connectivity index (χ0n) is 12.4. The van der Waals surface area contributed by atoms with Crippen LogP contribution in [-0.2, 0) is 4.79 Å². The molecule has 0 fully saturated rings. The summed E-state index contributed by atoms with van der Waals surface area (Å²) in [5.41, 5.74) is 5.89. The predicted octanol–water partition coefficient (Wildman–Crippen LogP) is 2.03. The number of benzene rings is 1. The molecule has 1 rings (SSSR count). The van der Waals surface area contributed by atoms with E-state index in [1.807, 2.05) is 6.92 Å². The van der Waals surface area contributed by atoms with Crippen LogP contribution in [0.3, 0.4) is 0 Å². The number of halogens is 1. The van der Waals surface area contributed by atoms with E-state index in [0.29, 0.717) is 12.2 Å². The number of carbonyl (C=O) groups excluding carboxylic acids is 2. The van der Waals surface area contributed by atoms with Gasteiger partial charge in [0.25, 0.3) is 5.91 Å². The largest absolute Gasteiger partial charge is 0.348 e. The number of unbranched alkanes of at least 4 members (excludes halogenated alkanes) is 1. The second-order valence-corrected chi connectivity index (χ2v) is 4.92. The van der Waals surface area contributed by atoms with Crippen LogP contribution in [0.1, 0.15) is 43.5 Å². The lowest BCUT2D eigenvalue weighted by atomic mass is 10.1. The summed E-state index contributed by atoms with van der Waals surface area (Å²) in [4.78, 5) is 23.1. The Hall–Kier alpha value is -1.95. The van der Waals surface area contributed by atoms with Gasteiger partial charge in [0.05, 0.1) is 5.56 Å². The summed E-state index contributed by atoms with van der Waals surface area (Å²) in [7, 11) is 0. The minimum absolute atomic E-state index is 0.101. The van der Waals surface area contributed by atoms with E-state index in [4.69, 9.17) is 5.73 Å². The topological polar surface area (TPSA) is 84.2 Å². The van der Waals surface area contributed by atoms with Gasteiger partial charge in [0, 0.05) is 25.2 Å². The molecule has 0 aliphatic rings. The number of nitrogens with one attached hydrogen (secondary N) is 2. The normalized spacial score (nSPS) is 11.8. The van der Waals surface area contributed by atoms with Gasteiger partial charge in [-0.3, -0.25) is 9.59 Å². The maximum Gasteiger partial charge on any atom is 0.254 e. The molecular weight excluding hydrogens is 273 g/mol. The average Bonchev–Trinajstić information content (AvgIpc) is 2.44. The molecule has 1 aromatic rings. The van der Waals surface area contributed by atoms with Crippen molar-refractivity contribution >= 4 is 17.5 Å². The van der Waals surface area contributed by atoms with Crippen LogP contribution >= 0.6 is 0 Å². The first-order valence-corrected chi connectivity index (χ1v) is 7.06. The van der Waals surface area contributed by atoms with Crippen LogP contribution in [0, 0.1) is 5.82 Å². The Bertz CT molecular complexity index is 506. The number of amides is 2. The van der Waals surface area contributed by atoms with Crippen molar-refractivity contribution < 1.29 is 14.0 Å². The molecule has 1 aromatic carbocycles. The molecule has 0 radical (unpaired) electrons. The number of anilines is 1. The van der Waals surface area contributed by atoms with Gasteiger partial charge in [-0.2, -0.15) is 0 Å². The molecular formula is C15H22FN3O2. The minimum Gasteiger partial charge on any atom is -0.348 e. The molecule has 1 unspecified atom stereocenters. The second-order valence-electron chi connectivity index (χ2n) is 4.92. The third-order valence-electron chi connectivity index (χ3n) is 3.06. The Balaban J connectivity index is 2.82. The molecule has 4 N–H and O–H groups in total. The third-order valence-corrected chi connectivity index (χ3v) is 3.06. The van der Waals surface area contributed by atoms with Crippen LogP contribution < -0.4 is 16.4 Å². The zero-order valence-corrected chi connectivity index (χ0v) is 12.4. The van der Waals surface area contributed by atoms with Crippen LogP contribution in [0.2, 0.25) is 0 Å². The van der Waals surface area contributed by atoms with Crippen LogP contribution in [0.25, 0.3) is 0 Å². The van der Waals surface area contributed by atoms with Crippen molar-refractivity contribution in [2.75, 3.05) is 11.9 Å². The Morgan fingerprint density at radius 2 is 2.10 bits per heavy atom. The lowest BCUT2D eigenvalue weighted by Gasteiger charge is -2.17. The molecule has 6 heteroatoms. The number of hydrogen-bond acceptors (Lipinski definition) is 3. The van der Waals surface area contributed by atoms with Crippen LogP contribution in [0.5, 0.6) is 0 Å². The van der Waals surface area contributed by atoms with E-state index >= 15 is 0 Å². The molecule has 0 heterocycles. The van der Waals surface area contributed by atoms with Gasteiger partial charge in [-0.1, -0.05) is 19.8 Å². The first kappa shape index (κ1) is 17.1. The summed E-state index contributed by atoms with van der Waals surface area (Å²) in [5.74, 6) is -1.44. The summed E-state index contributed by atoms with van der Waals surface area (Å²) in [5, 5.41) is 5.24. The molecule has 0 bridgehead atoms. The number of hydrogen-bond donors (Lipinski definition) is 3. The van der Waals surface area contributed by atoms with Gasteiger partial charge < -0.3 is 16.4 Å². The third kappa shape index (κ3) is 5.51. The maximum absolute atomic E-state index is 13.8. The summed E-state index contributed by atoms with van der Waals surface area (Å²) >= 11 is 0. The van der Waals surface area contributed by atoms with Gasteiger partial charge in [-0.05, 0) is 24.6 Å². The van der Waals surface area contributed by atoms with Crippen LogP contribution in [0.4, 0.5) is 10.1 Å². The summed E-state index contributed by atoms with van der Waals surface area (Å²) in [6.45, 7) is 3.70. The van der Waals surface area contributed by atoms with E-state index in [1.165, 1.54) is 19.1 Å². The molecule has 21 heavy (non-hydrogen) atoms. The molecule has 1 atom stereocenters. The minimum atomic E-state index is -0.632. The lowest BCUT2D eigenvalue weighted by molar-refractivity contribution is -0.114. The van der Waals surface area contributed by atoms with Crippen molar-refractivity contribution in [3.05, 3.63) is 29.6 Å². The standard InChI is InChI=1S/C15H22FN3O2/c1-3-4-5-12(9-17)19-15(21)13-8-11(18-10(2)20)6-7-14(13)16/h6-8,12H,3-5,9,17H2,1-2H3,(H,18,20)(H,19,21). The van der Waals surface area contributed by atoms with E-state index in [1.54, 1.807) is 0 Å². The Morgan fingerprint density at radius 3 is 2.67 bits per heavy atom.